The van der Waals surface area contributed by atoms with Crippen molar-refractivity contribution in [3.05, 3.63) is 85.0 Å². The van der Waals surface area contributed by atoms with Crippen molar-refractivity contribution in [2.75, 3.05) is 0 Å². The van der Waals surface area contributed by atoms with Crippen LogP contribution in [0.1, 0.15) is 13.3 Å². The molecule has 1 unspecified atom stereocenters. The van der Waals surface area contributed by atoms with E-state index in [0.717, 1.165) is 9.13 Å². The van der Waals surface area contributed by atoms with Crippen molar-refractivity contribution in [2.45, 2.75) is 29.7 Å². The average molecular weight is 406 g/mol. The standard InChI is InChI=1S/C18H16ClN3O4S/c1-2-11-21-16(23)20-17(24)22(18(21)25)13-5-9-15(10-6-13)27(26)14-7-3-12(19)4-8-14/h3-10H,2,11H2,1H3,(H,20,23,24). The molecule has 1 N–H and O–H groups in total. The van der Waals surface area contributed by atoms with Crippen LogP contribution >= 0.6 is 11.6 Å². The van der Waals surface area contributed by atoms with Gasteiger partial charge in [0.15, 0.2) is 0 Å². The zero-order valence-corrected chi connectivity index (χ0v) is 15.9. The number of aromatic nitrogens is 3. The van der Waals surface area contributed by atoms with E-state index in [1.165, 1.54) is 12.1 Å². The predicted octanol–water partition coefficient (Wildman–Crippen LogP) is 1.92. The van der Waals surface area contributed by atoms with Crippen LogP contribution in [0.25, 0.3) is 5.69 Å². The smallest absolute Gasteiger partial charge is 0.258 e. The van der Waals surface area contributed by atoms with Crippen LogP contribution in [0, 0.1) is 0 Å². The minimum atomic E-state index is -1.43. The van der Waals surface area contributed by atoms with Gasteiger partial charge < -0.3 is 0 Å². The fourth-order valence-corrected chi connectivity index (χ4v) is 3.74. The summed E-state index contributed by atoms with van der Waals surface area (Å²) in [6.07, 6.45) is 0.570. The lowest BCUT2D eigenvalue weighted by Crippen LogP contribution is -2.48. The Hall–Kier alpha value is -2.71. The highest BCUT2D eigenvalue weighted by molar-refractivity contribution is 7.85. The highest BCUT2D eigenvalue weighted by Crippen LogP contribution is 2.19. The molecule has 9 heteroatoms. The molecule has 1 heterocycles. The molecule has 0 fully saturated rings. The van der Waals surface area contributed by atoms with E-state index in [-0.39, 0.29) is 12.2 Å². The van der Waals surface area contributed by atoms with Gasteiger partial charge >= 0.3 is 17.1 Å². The maximum atomic E-state index is 12.6. The van der Waals surface area contributed by atoms with Gasteiger partial charge in [0.05, 0.1) is 16.5 Å². The fraction of sp³-hybridized carbons (Fsp3) is 0.167. The molecule has 0 amide bonds. The van der Waals surface area contributed by atoms with Gasteiger partial charge in [-0.2, -0.15) is 0 Å². The van der Waals surface area contributed by atoms with Crippen molar-refractivity contribution in [3.63, 3.8) is 0 Å². The summed E-state index contributed by atoms with van der Waals surface area (Å²) in [5.41, 5.74) is -1.98. The quantitative estimate of drug-likeness (QED) is 0.701. The van der Waals surface area contributed by atoms with E-state index in [1.54, 1.807) is 36.4 Å². The van der Waals surface area contributed by atoms with Crippen LogP contribution in [-0.2, 0) is 17.3 Å². The van der Waals surface area contributed by atoms with E-state index in [1.807, 2.05) is 6.92 Å². The second-order valence-electron chi connectivity index (χ2n) is 5.72. The first-order valence-corrected chi connectivity index (χ1v) is 9.69. The van der Waals surface area contributed by atoms with Gasteiger partial charge in [0.1, 0.15) is 0 Å². The highest BCUT2D eigenvalue weighted by atomic mass is 35.5. The van der Waals surface area contributed by atoms with Crippen LogP contribution in [0.5, 0.6) is 0 Å². The van der Waals surface area contributed by atoms with Gasteiger partial charge in [-0.25, -0.2) is 27.7 Å². The number of aromatic amines is 1. The Kier molecular flexibility index (Phi) is 5.57. The van der Waals surface area contributed by atoms with Crippen molar-refractivity contribution in [2.24, 2.45) is 0 Å². The van der Waals surface area contributed by atoms with E-state index < -0.39 is 27.9 Å². The molecule has 0 saturated carbocycles. The molecule has 140 valence electrons. The monoisotopic (exact) mass is 405 g/mol. The summed E-state index contributed by atoms with van der Waals surface area (Å²) < 4.78 is 14.5. The van der Waals surface area contributed by atoms with Gasteiger partial charge in [0, 0.05) is 21.4 Å². The molecular formula is C18H16ClN3O4S. The first-order chi connectivity index (χ1) is 12.9. The number of hydrogen-bond acceptors (Lipinski definition) is 4. The molecule has 0 radical (unpaired) electrons. The summed E-state index contributed by atoms with van der Waals surface area (Å²) in [7, 11) is -1.43. The van der Waals surface area contributed by atoms with Crippen LogP contribution in [-0.4, -0.2) is 18.3 Å². The van der Waals surface area contributed by atoms with Crippen molar-refractivity contribution >= 4 is 22.4 Å². The maximum Gasteiger partial charge on any atom is 0.340 e. The Morgan fingerprint density at radius 2 is 1.48 bits per heavy atom. The van der Waals surface area contributed by atoms with E-state index in [4.69, 9.17) is 11.6 Å². The van der Waals surface area contributed by atoms with Crippen LogP contribution in [0.15, 0.2) is 72.7 Å². The van der Waals surface area contributed by atoms with Gasteiger partial charge in [0.25, 0.3) is 0 Å². The van der Waals surface area contributed by atoms with Crippen molar-refractivity contribution in [3.8, 4) is 5.69 Å². The normalized spacial score (nSPS) is 12.1. The summed E-state index contributed by atoms with van der Waals surface area (Å²) in [5, 5.41) is 0.548. The Balaban J connectivity index is 2.01. The minimum Gasteiger partial charge on any atom is -0.258 e. The lowest BCUT2D eigenvalue weighted by Gasteiger charge is -2.09. The van der Waals surface area contributed by atoms with E-state index in [9.17, 15) is 18.6 Å². The SMILES string of the molecule is CCCn1c(=O)[nH]c(=O)n(-c2ccc(S(=O)c3ccc(Cl)cc3)cc2)c1=O. The summed E-state index contributed by atoms with van der Waals surface area (Å²) in [5.74, 6) is 0. The van der Waals surface area contributed by atoms with Crippen LogP contribution in [0.3, 0.4) is 0 Å². The number of nitrogens with zero attached hydrogens (tertiary/aromatic N) is 2. The fourth-order valence-electron chi connectivity index (χ4n) is 2.57. The van der Waals surface area contributed by atoms with Crippen molar-refractivity contribution in [1.82, 2.24) is 14.1 Å². The van der Waals surface area contributed by atoms with Crippen LogP contribution in [0.2, 0.25) is 5.02 Å². The van der Waals surface area contributed by atoms with Gasteiger partial charge in [-0.3, -0.25) is 4.98 Å². The van der Waals surface area contributed by atoms with Gasteiger partial charge in [0.2, 0.25) is 0 Å². The van der Waals surface area contributed by atoms with Gasteiger partial charge in [-0.15, -0.1) is 0 Å². The Bertz CT molecular complexity index is 1160. The molecule has 1 atom stereocenters. The molecule has 0 saturated heterocycles. The summed E-state index contributed by atoms with van der Waals surface area (Å²) in [6.45, 7) is 2.02. The maximum absolute atomic E-state index is 12.6. The van der Waals surface area contributed by atoms with Crippen molar-refractivity contribution in [1.29, 1.82) is 0 Å². The Morgan fingerprint density at radius 3 is 2.04 bits per heavy atom. The summed E-state index contributed by atoms with van der Waals surface area (Å²) in [6, 6.07) is 12.8. The van der Waals surface area contributed by atoms with Crippen LogP contribution in [0.4, 0.5) is 0 Å². The average Bonchev–Trinajstić information content (AvgIpc) is 2.65. The third-order valence-electron chi connectivity index (χ3n) is 3.87. The molecular weight excluding hydrogens is 390 g/mol. The third-order valence-corrected chi connectivity index (χ3v) is 5.52. The number of H-pyrrole nitrogens is 1. The molecule has 0 bridgehead atoms. The molecule has 0 aliphatic carbocycles. The number of nitrogens with one attached hydrogen (secondary N) is 1. The molecule has 7 nitrogen and oxygen atoms in total. The second kappa shape index (κ2) is 7.89. The van der Waals surface area contributed by atoms with Gasteiger partial charge in [-0.05, 0) is 55.0 Å². The molecule has 0 spiro atoms. The zero-order chi connectivity index (χ0) is 19.6. The molecule has 0 aliphatic rings. The van der Waals surface area contributed by atoms with Crippen molar-refractivity contribution < 1.29 is 4.21 Å². The minimum absolute atomic E-state index is 0.202. The molecule has 3 aromatic rings. The number of benzene rings is 2. The van der Waals surface area contributed by atoms with E-state index >= 15 is 0 Å². The highest BCUT2D eigenvalue weighted by Gasteiger charge is 2.12. The van der Waals surface area contributed by atoms with Gasteiger partial charge in [-0.1, -0.05) is 18.5 Å². The largest absolute Gasteiger partial charge is 0.340 e. The third kappa shape index (κ3) is 3.86. The molecule has 3 rings (SSSR count). The second-order valence-corrected chi connectivity index (χ2v) is 7.64. The topological polar surface area (TPSA) is 93.9 Å². The summed E-state index contributed by atoms with van der Waals surface area (Å²) >= 11 is 5.84. The molecule has 2 aromatic carbocycles. The summed E-state index contributed by atoms with van der Waals surface area (Å²) in [4.78, 5) is 39.7. The molecule has 27 heavy (non-hydrogen) atoms. The van der Waals surface area contributed by atoms with E-state index in [0.29, 0.717) is 21.2 Å². The lowest BCUT2D eigenvalue weighted by molar-refractivity contribution is 0.563. The number of hydrogen-bond donors (Lipinski definition) is 1. The number of rotatable bonds is 5. The predicted molar refractivity (Wildman–Crippen MR) is 103 cm³/mol. The number of halogens is 1. The van der Waals surface area contributed by atoms with Crippen LogP contribution < -0.4 is 17.1 Å². The first-order valence-electron chi connectivity index (χ1n) is 8.16. The molecule has 0 aliphatic heterocycles. The van der Waals surface area contributed by atoms with E-state index in [2.05, 4.69) is 4.98 Å². The Labute approximate surface area is 161 Å². The lowest BCUT2D eigenvalue weighted by atomic mass is 10.3. The molecule has 1 aromatic heterocycles. The zero-order valence-electron chi connectivity index (χ0n) is 14.3. The Morgan fingerprint density at radius 1 is 0.926 bits per heavy atom. The first kappa shape index (κ1) is 19.1.